The first-order valence-electron chi connectivity index (χ1n) is 8.29. The van der Waals surface area contributed by atoms with Gasteiger partial charge in [-0.3, -0.25) is 4.79 Å². The van der Waals surface area contributed by atoms with E-state index in [-0.39, 0.29) is 18.3 Å². The SMILES string of the molecule is O=C(NCc1ccco1)c1ccc(COc2cccc3ccccc23)o1. The van der Waals surface area contributed by atoms with Crippen molar-refractivity contribution < 1.29 is 18.4 Å². The van der Waals surface area contributed by atoms with Gasteiger partial charge in [0.15, 0.2) is 5.76 Å². The van der Waals surface area contributed by atoms with Crippen LogP contribution in [0.1, 0.15) is 22.1 Å². The van der Waals surface area contributed by atoms with Crippen LogP contribution in [0.25, 0.3) is 10.8 Å². The third-order valence-corrected chi connectivity index (χ3v) is 4.01. The molecule has 0 radical (unpaired) electrons. The zero-order chi connectivity index (χ0) is 17.8. The molecular formula is C21H17NO4. The fourth-order valence-electron chi connectivity index (χ4n) is 2.72. The minimum absolute atomic E-state index is 0.244. The molecule has 0 fully saturated rings. The summed E-state index contributed by atoms with van der Waals surface area (Å²) < 4.78 is 16.6. The van der Waals surface area contributed by atoms with E-state index in [0.717, 1.165) is 16.5 Å². The summed E-state index contributed by atoms with van der Waals surface area (Å²) in [6.45, 7) is 0.563. The number of fused-ring (bicyclic) bond motifs is 1. The van der Waals surface area contributed by atoms with E-state index in [1.54, 1.807) is 30.5 Å². The molecule has 130 valence electrons. The van der Waals surface area contributed by atoms with E-state index in [9.17, 15) is 4.79 Å². The van der Waals surface area contributed by atoms with Gasteiger partial charge in [0.05, 0.1) is 12.8 Å². The second-order valence-corrected chi connectivity index (χ2v) is 5.79. The third kappa shape index (κ3) is 3.47. The van der Waals surface area contributed by atoms with Gasteiger partial charge in [0.25, 0.3) is 5.91 Å². The van der Waals surface area contributed by atoms with Crippen molar-refractivity contribution in [2.45, 2.75) is 13.2 Å². The first-order valence-corrected chi connectivity index (χ1v) is 8.29. The van der Waals surface area contributed by atoms with E-state index in [2.05, 4.69) is 5.32 Å². The molecule has 5 nitrogen and oxygen atoms in total. The molecule has 4 aromatic rings. The van der Waals surface area contributed by atoms with Crippen molar-refractivity contribution in [1.82, 2.24) is 5.32 Å². The van der Waals surface area contributed by atoms with Crippen LogP contribution in [0.15, 0.2) is 81.8 Å². The first kappa shape index (κ1) is 16.0. The molecule has 2 aromatic heterocycles. The van der Waals surface area contributed by atoms with Crippen LogP contribution < -0.4 is 10.1 Å². The highest BCUT2D eigenvalue weighted by molar-refractivity contribution is 5.91. The maximum Gasteiger partial charge on any atom is 0.287 e. The number of ether oxygens (including phenoxy) is 1. The summed E-state index contributed by atoms with van der Waals surface area (Å²) >= 11 is 0. The Hall–Kier alpha value is -3.47. The van der Waals surface area contributed by atoms with Crippen molar-refractivity contribution in [3.63, 3.8) is 0 Å². The van der Waals surface area contributed by atoms with Crippen LogP contribution in [0.5, 0.6) is 5.75 Å². The van der Waals surface area contributed by atoms with E-state index in [1.165, 1.54) is 0 Å². The summed E-state index contributed by atoms with van der Waals surface area (Å²) in [5.74, 6) is 2.00. The van der Waals surface area contributed by atoms with Crippen molar-refractivity contribution in [1.29, 1.82) is 0 Å². The Morgan fingerprint density at radius 1 is 0.923 bits per heavy atom. The maximum absolute atomic E-state index is 12.1. The lowest BCUT2D eigenvalue weighted by Crippen LogP contribution is -2.21. The number of hydrogen-bond acceptors (Lipinski definition) is 4. The summed E-state index contributed by atoms with van der Waals surface area (Å²) in [5.41, 5.74) is 0. The average Bonchev–Trinajstić information content (AvgIpc) is 3.36. The van der Waals surface area contributed by atoms with Gasteiger partial charge in [-0.15, -0.1) is 0 Å². The van der Waals surface area contributed by atoms with Crippen LogP contribution >= 0.6 is 0 Å². The Labute approximate surface area is 150 Å². The molecule has 1 amide bonds. The number of carbonyl (C=O) groups is 1. The maximum atomic E-state index is 12.1. The number of rotatable bonds is 6. The Balaban J connectivity index is 1.39. The largest absolute Gasteiger partial charge is 0.485 e. The predicted molar refractivity (Wildman–Crippen MR) is 96.9 cm³/mol. The van der Waals surface area contributed by atoms with Gasteiger partial charge in [-0.05, 0) is 35.7 Å². The van der Waals surface area contributed by atoms with Crippen LogP contribution in [0.4, 0.5) is 0 Å². The standard InChI is InChI=1S/C21H17NO4/c23-21(22-13-16-7-4-12-24-16)20-11-10-17(26-20)14-25-19-9-3-6-15-5-1-2-8-18(15)19/h1-12H,13-14H2,(H,22,23). The lowest BCUT2D eigenvalue weighted by molar-refractivity contribution is 0.0916. The molecule has 26 heavy (non-hydrogen) atoms. The van der Waals surface area contributed by atoms with Crippen LogP contribution in [-0.2, 0) is 13.2 Å². The normalized spacial score (nSPS) is 10.8. The van der Waals surface area contributed by atoms with Gasteiger partial charge in [-0.2, -0.15) is 0 Å². The third-order valence-electron chi connectivity index (χ3n) is 4.01. The molecule has 1 N–H and O–H groups in total. The molecule has 2 aromatic carbocycles. The minimum Gasteiger partial charge on any atom is -0.485 e. The monoisotopic (exact) mass is 347 g/mol. The fraction of sp³-hybridized carbons (Fsp3) is 0.0952. The van der Waals surface area contributed by atoms with Crippen LogP contribution in [0.2, 0.25) is 0 Å². The molecule has 0 bridgehead atoms. The van der Waals surface area contributed by atoms with Gasteiger partial charge < -0.3 is 18.9 Å². The summed E-state index contributed by atoms with van der Waals surface area (Å²) in [6.07, 6.45) is 1.57. The lowest BCUT2D eigenvalue weighted by atomic mass is 10.1. The van der Waals surface area contributed by atoms with Crippen molar-refractivity contribution in [2.24, 2.45) is 0 Å². The number of carbonyl (C=O) groups excluding carboxylic acids is 1. The molecule has 0 saturated carbocycles. The molecule has 0 spiro atoms. The highest BCUT2D eigenvalue weighted by Crippen LogP contribution is 2.26. The van der Waals surface area contributed by atoms with Crippen molar-refractivity contribution >= 4 is 16.7 Å². The fourth-order valence-corrected chi connectivity index (χ4v) is 2.72. The van der Waals surface area contributed by atoms with Crippen molar-refractivity contribution in [3.05, 3.63) is 90.3 Å². The second-order valence-electron chi connectivity index (χ2n) is 5.79. The molecule has 0 unspecified atom stereocenters. The number of amides is 1. The number of hydrogen-bond donors (Lipinski definition) is 1. The zero-order valence-electron chi connectivity index (χ0n) is 14.0. The van der Waals surface area contributed by atoms with E-state index in [4.69, 9.17) is 13.6 Å². The minimum atomic E-state index is -0.294. The molecule has 0 aliphatic rings. The van der Waals surface area contributed by atoms with Crippen LogP contribution in [0.3, 0.4) is 0 Å². The molecule has 2 heterocycles. The van der Waals surface area contributed by atoms with E-state index in [0.29, 0.717) is 18.1 Å². The lowest BCUT2D eigenvalue weighted by Gasteiger charge is -2.08. The highest BCUT2D eigenvalue weighted by Gasteiger charge is 2.12. The Bertz CT molecular complexity index is 1010. The second kappa shape index (κ2) is 7.19. The molecule has 5 heteroatoms. The quantitative estimate of drug-likeness (QED) is 0.556. The number of furan rings is 2. The summed E-state index contributed by atoms with van der Waals surface area (Å²) in [5, 5.41) is 4.90. The Morgan fingerprint density at radius 3 is 2.69 bits per heavy atom. The molecular weight excluding hydrogens is 330 g/mol. The number of nitrogens with one attached hydrogen (secondary N) is 1. The zero-order valence-corrected chi connectivity index (χ0v) is 14.0. The Kier molecular flexibility index (Phi) is 4.43. The molecule has 0 saturated heterocycles. The summed E-state index contributed by atoms with van der Waals surface area (Å²) in [6, 6.07) is 20.9. The predicted octanol–water partition coefficient (Wildman–Crippen LogP) is 4.53. The smallest absolute Gasteiger partial charge is 0.287 e. The van der Waals surface area contributed by atoms with Crippen LogP contribution in [0, 0.1) is 0 Å². The van der Waals surface area contributed by atoms with Gasteiger partial charge >= 0.3 is 0 Å². The van der Waals surface area contributed by atoms with Gasteiger partial charge in [0, 0.05) is 5.39 Å². The number of benzene rings is 2. The van der Waals surface area contributed by atoms with E-state index < -0.39 is 0 Å². The average molecular weight is 347 g/mol. The van der Waals surface area contributed by atoms with E-state index >= 15 is 0 Å². The first-order chi connectivity index (χ1) is 12.8. The molecule has 4 rings (SSSR count). The Morgan fingerprint density at radius 2 is 1.81 bits per heavy atom. The van der Waals surface area contributed by atoms with Gasteiger partial charge in [-0.25, -0.2) is 0 Å². The highest BCUT2D eigenvalue weighted by atomic mass is 16.5. The van der Waals surface area contributed by atoms with Gasteiger partial charge in [0.1, 0.15) is 23.9 Å². The van der Waals surface area contributed by atoms with E-state index in [1.807, 2.05) is 42.5 Å². The van der Waals surface area contributed by atoms with Crippen LogP contribution in [-0.4, -0.2) is 5.91 Å². The summed E-state index contributed by atoms with van der Waals surface area (Å²) in [4.78, 5) is 12.1. The van der Waals surface area contributed by atoms with Crippen molar-refractivity contribution in [3.8, 4) is 5.75 Å². The molecule has 0 aliphatic heterocycles. The van der Waals surface area contributed by atoms with Gasteiger partial charge in [-0.1, -0.05) is 36.4 Å². The summed E-state index contributed by atoms with van der Waals surface area (Å²) in [7, 11) is 0. The topological polar surface area (TPSA) is 64.6 Å². The van der Waals surface area contributed by atoms with Gasteiger partial charge in [0.2, 0.25) is 0 Å². The molecule has 0 aliphatic carbocycles. The van der Waals surface area contributed by atoms with Crippen molar-refractivity contribution in [2.75, 3.05) is 0 Å². The molecule has 0 atom stereocenters.